The molecule has 1 aliphatic rings. The molecular weight excluding hydrogens is 292 g/mol. The molecule has 1 N–H and O–H groups in total. The zero-order valence-corrected chi connectivity index (χ0v) is 12.9. The number of nitrogens with zero attached hydrogens (tertiary/aromatic N) is 2. The number of halogens is 1. The van der Waals surface area contributed by atoms with Gasteiger partial charge < -0.3 is 14.9 Å². The summed E-state index contributed by atoms with van der Waals surface area (Å²) in [4.78, 5) is 4.73. The van der Waals surface area contributed by atoms with Crippen molar-refractivity contribution in [2.24, 2.45) is 0 Å². The Morgan fingerprint density at radius 2 is 1.78 bits per heavy atom. The summed E-state index contributed by atoms with van der Waals surface area (Å²) in [6, 6.07) is 6.13. The molecule has 100 valence electrons. The molecule has 0 radical (unpaired) electrons. The first kappa shape index (κ1) is 13.8. The van der Waals surface area contributed by atoms with Crippen LogP contribution in [-0.4, -0.2) is 43.2 Å². The molecule has 3 nitrogen and oxygen atoms in total. The van der Waals surface area contributed by atoms with Gasteiger partial charge in [-0.05, 0) is 54.5 Å². The summed E-state index contributed by atoms with van der Waals surface area (Å²) in [5, 5.41) is 10.0. The van der Waals surface area contributed by atoms with Gasteiger partial charge in [0.2, 0.25) is 0 Å². The van der Waals surface area contributed by atoms with E-state index < -0.39 is 5.60 Å². The van der Waals surface area contributed by atoms with E-state index in [1.54, 1.807) is 0 Å². The third kappa shape index (κ3) is 3.05. The first-order valence-corrected chi connectivity index (χ1v) is 7.13. The SMILES string of the molecule is CN1CCN(c2ccc(C(C)(C)O)cc2Br)CC1. The molecule has 1 aliphatic heterocycles. The smallest absolute Gasteiger partial charge is 0.0840 e. The number of anilines is 1. The van der Waals surface area contributed by atoms with Crippen molar-refractivity contribution in [3.05, 3.63) is 28.2 Å². The summed E-state index contributed by atoms with van der Waals surface area (Å²) in [5.41, 5.74) is 1.37. The summed E-state index contributed by atoms with van der Waals surface area (Å²) in [7, 11) is 2.16. The number of hydrogen-bond donors (Lipinski definition) is 1. The van der Waals surface area contributed by atoms with E-state index in [2.05, 4.69) is 38.8 Å². The molecule has 0 spiro atoms. The average Bonchev–Trinajstić information content (AvgIpc) is 2.29. The maximum atomic E-state index is 10.0. The molecule has 0 unspecified atom stereocenters. The Balaban J connectivity index is 2.20. The number of hydrogen-bond acceptors (Lipinski definition) is 3. The van der Waals surface area contributed by atoms with E-state index in [0.717, 1.165) is 36.2 Å². The molecule has 0 atom stereocenters. The average molecular weight is 313 g/mol. The van der Waals surface area contributed by atoms with Crippen LogP contribution in [0, 0.1) is 0 Å². The second-order valence-electron chi connectivity index (χ2n) is 5.52. The fourth-order valence-corrected chi connectivity index (χ4v) is 2.82. The summed E-state index contributed by atoms with van der Waals surface area (Å²) >= 11 is 3.62. The molecule has 2 rings (SSSR count). The third-order valence-electron chi connectivity index (χ3n) is 3.50. The number of aliphatic hydroxyl groups is 1. The fraction of sp³-hybridized carbons (Fsp3) is 0.571. The van der Waals surface area contributed by atoms with Gasteiger partial charge in [-0.3, -0.25) is 0 Å². The summed E-state index contributed by atoms with van der Waals surface area (Å²) in [6.45, 7) is 7.92. The highest BCUT2D eigenvalue weighted by atomic mass is 79.9. The van der Waals surface area contributed by atoms with Gasteiger partial charge in [-0.15, -0.1) is 0 Å². The van der Waals surface area contributed by atoms with Crippen LogP contribution in [0.4, 0.5) is 5.69 Å². The molecule has 0 aliphatic carbocycles. The second-order valence-corrected chi connectivity index (χ2v) is 6.37. The molecule has 1 aromatic rings. The Hall–Kier alpha value is -0.580. The molecule has 1 saturated heterocycles. The van der Waals surface area contributed by atoms with Crippen LogP contribution < -0.4 is 4.90 Å². The number of likely N-dealkylation sites (N-methyl/N-ethyl adjacent to an activating group) is 1. The number of benzene rings is 1. The van der Waals surface area contributed by atoms with Gasteiger partial charge in [0.05, 0.1) is 11.3 Å². The number of rotatable bonds is 2. The van der Waals surface area contributed by atoms with Crippen LogP contribution in [0.2, 0.25) is 0 Å². The van der Waals surface area contributed by atoms with Crippen LogP contribution in [-0.2, 0) is 5.60 Å². The molecule has 18 heavy (non-hydrogen) atoms. The van der Waals surface area contributed by atoms with E-state index >= 15 is 0 Å². The largest absolute Gasteiger partial charge is 0.386 e. The van der Waals surface area contributed by atoms with Crippen molar-refractivity contribution in [1.29, 1.82) is 0 Å². The van der Waals surface area contributed by atoms with Gasteiger partial charge in [-0.25, -0.2) is 0 Å². The van der Waals surface area contributed by atoms with Gasteiger partial charge in [-0.1, -0.05) is 6.07 Å². The molecule has 0 amide bonds. The minimum absolute atomic E-state index is 0.789. The Morgan fingerprint density at radius 3 is 2.28 bits per heavy atom. The van der Waals surface area contributed by atoms with Crippen molar-refractivity contribution in [2.45, 2.75) is 19.4 Å². The maximum absolute atomic E-state index is 10.0. The lowest BCUT2D eigenvalue weighted by Crippen LogP contribution is -2.44. The van der Waals surface area contributed by atoms with Crippen molar-refractivity contribution in [1.82, 2.24) is 4.90 Å². The van der Waals surface area contributed by atoms with Crippen LogP contribution >= 0.6 is 15.9 Å². The van der Waals surface area contributed by atoms with Gasteiger partial charge in [0.25, 0.3) is 0 Å². The zero-order valence-electron chi connectivity index (χ0n) is 11.3. The van der Waals surface area contributed by atoms with Gasteiger partial charge in [-0.2, -0.15) is 0 Å². The highest BCUT2D eigenvalue weighted by molar-refractivity contribution is 9.10. The van der Waals surface area contributed by atoms with E-state index in [0.29, 0.717) is 0 Å². The lowest BCUT2D eigenvalue weighted by molar-refractivity contribution is 0.0785. The third-order valence-corrected chi connectivity index (χ3v) is 4.13. The van der Waals surface area contributed by atoms with Gasteiger partial charge >= 0.3 is 0 Å². The highest BCUT2D eigenvalue weighted by Gasteiger charge is 2.20. The predicted molar refractivity (Wildman–Crippen MR) is 79.1 cm³/mol. The Morgan fingerprint density at radius 1 is 1.17 bits per heavy atom. The molecule has 0 aromatic heterocycles. The Bertz CT molecular complexity index is 420. The normalized spacial score (nSPS) is 18.2. The molecule has 4 heteroatoms. The van der Waals surface area contributed by atoms with Gasteiger partial charge in [0.1, 0.15) is 0 Å². The lowest BCUT2D eigenvalue weighted by Gasteiger charge is -2.35. The lowest BCUT2D eigenvalue weighted by atomic mass is 9.98. The minimum atomic E-state index is -0.789. The van der Waals surface area contributed by atoms with E-state index in [4.69, 9.17) is 0 Å². The number of piperazine rings is 1. The Kier molecular flexibility index (Phi) is 3.99. The molecule has 1 aromatic carbocycles. The maximum Gasteiger partial charge on any atom is 0.0840 e. The van der Waals surface area contributed by atoms with Crippen LogP contribution in [0.25, 0.3) is 0 Å². The highest BCUT2D eigenvalue weighted by Crippen LogP contribution is 2.31. The summed E-state index contributed by atoms with van der Waals surface area (Å²) < 4.78 is 1.06. The van der Waals surface area contributed by atoms with Crippen LogP contribution in [0.3, 0.4) is 0 Å². The monoisotopic (exact) mass is 312 g/mol. The topological polar surface area (TPSA) is 26.7 Å². The van der Waals surface area contributed by atoms with Gasteiger partial charge in [0.15, 0.2) is 0 Å². The van der Waals surface area contributed by atoms with Crippen molar-refractivity contribution in [2.75, 3.05) is 38.1 Å². The fourth-order valence-electron chi connectivity index (χ4n) is 2.19. The van der Waals surface area contributed by atoms with Crippen LogP contribution in [0.1, 0.15) is 19.4 Å². The first-order chi connectivity index (χ1) is 8.38. The van der Waals surface area contributed by atoms with E-state index in [9.17, 15) is 5.11 Å². The molecule has 1 fully saturated rings. The van der Waals surface area contributed by atoms with E-state index in [1.165, 1.54) is 5.69 Å². The molecular formula is C14H21BrN2O. The van der Waals surface area contributed by atoms with Crippen molar-refractivity contribution in [3.63, 3.8) is 0 Å². The van der Waals surface area contributed by atoms with E-state index in [-0.39, 0.29) is 0 Å². The molecule has 1 heterocycles. The van der Waals surface area contributed by atoms with Gasteiger partial charge in [0, 0.05) is 30.7 Å². The summed E-state index contributed by atoms with van der Waals surface area (Å²) in [5.74, 6) is 0. The van der Waals surface area contributed by atoms with Crippen molar-refractivity contribution >= 4 is 21.6 Å². The second kappa shape index (κ2) is 5.19. The van der Waals surface area contributed by atoms with E-state index in [1.807, 2.05) is 26.0 Å². The quantitative estimate of drug-likeness (QED) is 0.908. The molecule has 0 bridgehead atoms. The standard InChI is InChI=1S/C14H21BrN2O/c1-14(2,18)11-4-5-13(12(15)10-11)17-8-6-16(3)7-9-17/h4-5,10,18H,6-9H2,1-3H3. The minimum Gasteiger partial charge on any atom is -0.386 e. The summed E-state index contributed by atoms with van der Waals surface area (Å²) in [6.07, 6.45) is 0. The predicted octanol–water partition coefficient (Wildman–Crippen LogP) is 2.43. The first-order valence-electron chi connectivity index (χ1n) is 6.34. The van der Waals surface area contributed by atoms with Crippen LogP contribution in [0.15, 0.2) is 22.7 Å². The van der Waals surface area contributed by atoms with Crippen LogP contribution in [0.5, 0.6) is 0 Å². The zero-order chi connectivity index (χ0) is 13.3. The van der Waals surface area contributed by atoms with Crippen molar-refractivity contribution in [3.8, 4) is 0 Å². The Labute approximate surface area is 118 Å². The molecule has 0 saturated carbocycles. The van der Waals surface area contributed by atoms with Crippen molar-refractivity contribution < 1.29 is 5.11 Å².